The summed E-state index contributed by atoms with van der Waals surface area (Å²) in [6.45, 7) is 1.56. The Labute approximate surface area is 189 Å². The van der Waals surface area contributed by atoms with Crippen LogP contribution in [0.15, 0.2) is 53.1 Å². The predicted octanol–water partition coefficient (Wildman–Crippen LogP) is 4.75. The molecule has 2 heterocycles. The molecule has 0 radical (unpaired) electrons. The maximum atomic E-state index is 12.6. The lowest BCUT2D eigenvalue weighted by Gasteiger charge is -2.36. The predicted molar refractivity (Wildman–Crippen MR) is 125 cm³/mol. The fourth-order valence-corrected chi connectivity index (χ4v) is 4.28. The van der Waals surface area contributed by atoms with Gasteiger partial charge in [0.1, 0.15) is 5.75 Å². The highest BCUT2D eigenvalue weighted by atomic mass is 79.9. The summed E-state index contributed by atoms with van der Waals surface area (Å²) in [6.07, 6.45) is 3.37. The van der Waals surface area contributed by atoms with Crippen molar-refractivity contribution in [3.05, 3.63) is 53.1 Å². The molecule has 0 bridgehead atoms. The molecule has 3 aromatic rings. The molecule has 9 heteroatoms. The summed E-state index contributed by atoms with van der Waals surface area (Å²) in [5.74, 6) is 1.62. The van der Waals surface area contributed by atoms with Gasteiger partial charge in [-0.3, -0.25) is 4.31 Å². The van der Waals surface area contributed by atoms with E-state index < -0.39 is 0 Å². The number of anilines is 2. The minimum Gasteiger partial charge on any atom is -0.497 e. The number of benzene rings is 2. The number of nitrogens with zero attached hydrogens (tertiary/aromatic N) is 4. The first-order valence-electron chi connectivity index (χ1n) is 9.64. The molecule has 1 saturated heterocycles. The van der Waals surface area contributed by atoms with Gasteiger partial charge in [-0.2, -0.15) is 5.10 Å². The van der Waals surface area contributed by atoms with Crippen LogP contribution in [0.4, 0.5) is 16.3 Å². The molecule has 0 aliphatic carbocycles. The second-order valence-electron chi connectivity index (χ2n) is 7.12. The number of carbonyl (C=O) groups excluding carboxylic acids is 1. The molecular weight excluding hydrogens is 466 g/mol. The molecule has 1 aliphatic heterocycles. The van der Waals surface area contributed by atoms with Crippen LogP contribution in [0.3, 0.4) is 0 Å². The molecular formula is C21H22BrN5O2S. The van der Waals surface area contributed by atoms with E-state index in [9.17, 15) is 4.79 Å². The fraction of sp³-hybridized carbons (Fsp3) is 0.286. The number of piperidine rings is 1. The number of halogens is 1. The lowest BCUT2D eigenvalue weighted by molar-refractivity contribution is 0.223. The van der Waals surface area contributed by atoms with Crippen LogP contribution in [0.2, 0.25) is 0 Å². The van der Waals surface area contributed by atoms with Gasteiger partial charge in [-0.25, -0.2) is 4.79 Å². The largest absolute Gasteiger partial charge is 0.497 e. The molecule has 0 unspecified atom stereocenters. The van der Waals surface area contributed by atoms with E-state index in [1.54, 1.807) is 37.6 Å². The van der Waals surface area contributed by atoms with Gasteiger partial charge in [-0.05, 0) is 55.3 Å². The zero-order valence-electron chi connectivity index (χ0n) is 16.5. The minimum atomic E-state index is -0.239. The minimum absolute atomic E-state index is 0.0416. The molecule has 1 fully saturated rings. The number of carbonyl (C=O) groups is 1. The van der Waals surface area contributed by atoms with Crippen LogP contribution in [0.1, 0.15) is 12.8 Å². The third-order valence-electron chi connectivity index (χ3n) is 5.26. The molecule has 4 rings (SSSR count). The maximum absolute atomic E-state index is 12.6. The fourth-order valence-electron chi connectivity index (χ4n) is 3.62. The van der Waals surface area contributed by atoms with Gasteiger partial charge >= 0.3 is 6.03 Å². The highest BCUT2D eigenvalue weighted by Gasteiger charge is 2.27. The summed E-state index contributed by atoms with van der Waals surface area (Å²) >= 11 is 7.97. The number of hydrogen-bond donors (Lipinski definition) is 2. The number of nitrogens with one attached hydrogen (secondary N) is 1. The Morgan fingerprint density at radius 2 is 1.97 bits per heavy atom. The normalized spacial score (nSPS) is 14.6. The molecule has 2 amide bonds. The van der Waals surface area contributed by atoms with E-state index in [4.69, 9.17) is 4.74 Å². The highest BCUT2D eigenvalue weighted by Crippen LogP contribution is 2.29. The van der Waals surface area contributed by atoms with E-state index in [0.29, 0.717) is 5.69 Å². The van der Waals surface area contributed by atoms with Gasteiger partial charge in [0, 0.05) is 40.1 Å². The first-order chi connectivity index (χ1) is 14.5. The molecule has 1 N–H and O–H groups in total. The highest BCUT2D eigenvalue weighted by molar-refractivity contribution is 9.10. The molecule has 2 aromatic carbocycles. The van der Waals surface area contributed by atoms with Gasteiger partial charge in [0.25, 0.3) is 0 Å². The number of methoxy groups -OCH3 is 1. The smallest absolute Gasteiger partial charge is 0.331 e. The number of fused-ring (bicyclic) bond motifs is 1. The van der Waals surface area contributed by atoms with Crippen molar-refractivity contribution >= 4 is 57.1 Å². The van der Waals surface area contributed by atoms with Crippen molar-refractivity contribution in [1.29, 1.82) is 0 Å². The molecule has 0 spiro atoms. The number of thiol groups is 1. The summed E-state index contributed by atoms with van der Waals surface area (Å²) in [5, 5.41) is 13.5. The third kappa shape index (κ3) is 4.46. The third-order valence-corrected chi connectivity index (χ3v) is 6.26. The quantitative estimate of drug-likeness (QED) is 0.519. The number of ether oxygens (including phenoxy) is 1. The SMILES string of the molecule is COc1ccc(NC(=O)N(S)C2CCN(c3nncc4cc(Br)ccc34)CC2)cc1. The molecule has 0 atom stereocenters. The van der Waals surface area contributed by atoms with Gasteiger partial charge in [-0.15, -0.1) is 5.10 Å². The Morgan fingerprint density at radius 1 is 1.23 bits per heavy atom. The van der Waals surface area contributed by atoms with E-state index in [2.05, 4.69) is 55.2 Å². The summed E-state index contributed by atoms with van der Waals surface area (Å²) in [5.41, 5.74) is 0.703. The van der Waals surface area contributed by atoms with Gasteiger partial charge in [0.15, 0.2) is 5.82 Å². The Kier molecular flexibility index (Phi) is 6.29. The molecule has 156 valence electrons. The van der Waals surface area contributed by atoms with Crippen LogP contribution in [0.5, 0.6) is 5.75 Å². The second-order valence-corrected chi connectivity index (χ2v) is 8.47. The van der Waals surface area contributed by atoms with E-state index in [1.165, 1.54) is 4.31 Å². The number of amides is 2. The van der Waals surface area contributed by atoms with Crippen LogP contribution in [0, 0.1) is 0 Å². The molecule has 7 nitrogen and oxygen atoms in total. The number of hydrogen-bond acceptors (Lipinski definition) is 6. The van der Waals surface area contributed by atoms with Crippen LogP contribution < -0.4 is 15.0 Å². The average Bonchev–Trinajstić information content (AvgIpc) is 2.78. The monoisotopic (exact) mass is 487 g/mol. The zero-order valence-corrected chi connectivity index (χ0v) is 18.9. The topological polar surface area (TPSA) is 70.6 Å². The van der Waals surface area contributed by atoms with Crippen molar-refractivity contribution in [1.82, 2.24) is 14.5 Å². The Hall–Kier alpha value is -2.52. The van der Waals surface area contributed by atoms with Crippen LogP contribution in [0.25, 0.3) is 10.8 Å². The van der Waals surface area contributed by atoms with Crippen molar-refractivity contribution in [3.8, 4) is 5.75 Å². The van der Waals surface area contributed by atoms with E-state index in [1.807, 2.05) is 12.1 Å². The summed E-state index contributed by atoms with van der Waals surface area (Å²) < 4.78 is 7.65. The van der Waals surface area contributed by atoms with Crippen molar-refractivity contribution < 1.29 is 9.53 Å². The lowest BCUT2D eigenvalue weighted by atomic mass is 10.0. The number of aromatic nitrogens is 2. The van der Waals surface area contributed by atoms with Gasteiger partial charge in [0.05, 0.1) is 13.3 Å². The Balaban J connectivity index is 1.38. The van der Waals surface area contributed by atoms with Crippen LogP contribution in [-0.2, 0) is 0 Å². The summed E-state index contributed by atoms with van der Waals surface area (Å²) in [4.78, 5) is 14.8. The van der Waals surface area contributed by atoms with E-state index in [-0.39, 0.29) is 12.1 Å². The van der Waals surface area contributed by atoms with Crippen LogP contribution >= 0.6 is 28.7 Å². The number of rotatable bonds is 4. The standard InChI is InChI=1S/C21H22BrN5O2S/c1-29-18-5-3-16(4-6-18)24-21(28)27(30)17-8-10-26(11-9-17)20-19-7-2-15(22)12-14(19)13-23-25-20/h2-7,12-13,17,30H,8-11H2,1H3,(H,24,28). The number of urea groups is 1. The van der Waals surface area contributed by atoms with Crippen molar-refractivity contribution in [3.63, 3.8) is 0 Å². The average molecular weight is 488 g/mol. The molecule has 1 aromatic heterocycles. The van der Waals surface area contributed by atoms with Gasteiger partial charge in [-0.1, -0.05) is 28.7 Å². The molecule has 30 heavy (non-hydrogen) atoms. The second kappa shape index (κ2) is 9.09. The Morgan fingerprint density at radius 3 is 2.67 bits per heavy atom. The van der Waals surface area contributed by atoms with Crippen molar-refractivity contribution in [2.75, 3.05) is 30.4 Å². The molecule has 1 aliphatic rings. The zero-order chi connectivity index (χ0) is 21.1. The molecule has 0 saturated carbocycles. The van der Waals surface area contributed by atoms with Crippen LogP contribution in [-0.4, -0.2) is 46.8 Å². The first kappa shape index (κ1) is 20.7. The van der Waals surface area contributed by atoms with Crippen molar-refractivity contribution in [2.24, 2.45) is 0 Å². The first-order valence-corrected chi connectivity index (χ1v) is 10.8. The van der Waals surface area contributed by atoms with E-state index in [0.717, 1.165) is 52.7 Å². The van der Waals surface area contributed by atoms with E-state index >= 15 is 0 Å². The lowest BCUT2D eigenvalue weighted by Crippen LogP contribution is -2.45. The maximum Gasteiger partial charge on any atom is 0.331 e. The summed E-state index contributed by atoms with van der Waals surface area (Å²) in [7, 11) is 1.61. The Bertz CT molecular complexity index is 1040. The van der Waals surface area contributed by atoms with Gasteiger partial charge in [0.2, 0.25) is 0 Å². The van der Waals surface area contributed by atoms with Gasteiger partial charge < -0.3 is 15.0 Å². The summed E-state index contributed by atoms with van der Waals surface area (Å²) in [6, 6.07) is 13.1. The van der Waals surface area contributed by atoms with Crippen molar-refractivity contribution in [2.45, 2.75) is 18.9 Å².